The number of likely N-dealkylation sites (N-methyl/N-ethyl adjacent to an activating group) is 1. The number of rotatable bonds is 42. The Morgan fingerprint density at radius 1 is 0.618 bits per heavy atom. The summed E-state index contributed by atoms with van der Waals surface area (Å²) in [6, 6.07) is -0.885. The van der Waals surface area contributed by atoms with Crippen molar-refractivity contribution in [3.8, 4) is 0 Å². The monoisotopic (exact) mass is 799 g/mol. The number of hydrogen-bond acceptors (Lipinski definition) is 6. The Labute approximate surface area is 341 Å². The Balaban J connectivity index is 4.40. The first kappa shape index (κ1) is 54.0. The van der Waals surface area contributed by atoms with Crippen LogP contribution in [0.15, 0.2) is 24.3 Å². The highest BCUT2D eigenvalue weighted by Gasteiger charge is 2.23. The van der Waals surface area contributed by atoms with Crippen molar-refractivity contribution in [1.29, 1.82) is 0 Å². The fourth-order valence-corrected chi connectivity index (χ4v) is 7.40. The van der Waals surface area contributed by atoms with Crippen LogP contribution in [0.25, 0.3) is 0 Å². The molecule has 8 nitrogen and oxygen atoms in total. The quantitative estimate of drug-likeness (QED) is 0.0276. The van der Waals surface area contributed by atoms with Crippen molar-refractivity contribution >= 4 is 13.7 Å². The number of allylic oxidation sites excluding steroid dienone is 3. The van der Waals surface area contributed by atoms with Crippen LogP contribution in [0.3, 0.4) is 0 Å². The molecule has 1 amide bonds. The molecule has 0 heterocycles. The lowest BCUT2D eigenvalue weighted by atomic mass is 10.0. The van der Waals surface area contributed by atoms with Crippen LogP contribution in [0, 0.1) is 0 Å². The number of phosphoric ester groups is 1. The van der Waals surface area contributed by atoms with Gasteiger partial charge >= 0.3 is 0 Å². The second kappa shape index (κ2) is 38.5. The summed E-state index contributed by atoms with van der Waals surface area (Å²) in [4.78, 5) is 25.3. The molecule has 2 N–H and O–H groups in total. The molecule has 0 saturated heterocycles. The van der Waals surface area contributed by atoms with Gasteiger partial charge in [-0.2, -0.15) is 0 Å². The van der Waals surface area contributed by atoms with E-state index in [4.69, 9.17) is 9.05 Å². The Hall–Kier alpha value is -1.02. The van der Waals surface area contributed by atoms with Crippen LogP contribution in [-0.4, -0.2) is 68.5 Å². The van der Waals surface area contributed by atoms with Crippen molar-refractivity contribution in [3.63, 3.8) is 0 Å². The van der Waals surface area contributed by atoms with Gasteiger partial charge < -0.3 is 28.8 Å². The van der Waals surface area contributed by atoms with Crippen molar-refractivity contribution in [2.45, 2.75) is 225 Å². The average molecular weight is 799 g/mol. The highest BCUT2D eigenvalue weighted by Crippen LogP contribution is 2.38. The van der Waals surface area contributed by atoms with Crippen molar-refractivity contribution in [2.75, 3.05) is 40.9 Å². The van der Waals surface area contributed by atoms with Crippen molar-refractivity contribution in [1.82, 2.24) is 5.32 Å². The maximum Gasteiger partial charge on any atom is 0.268 e. The van der Waals surface area contributed by atoms with E-state index in [9.17, 15) is 19.4 Å². The summed E-state index contributed by atoms with van der Waals surface area (Å²) in [6.45, 7) is 4.65. The Morgan fingerprint density at radius 3 is 1.42 bits per heavy atom. The highest BCUT2D eigenvalue weighted by atomic mass is 31.2. The summed E-state index contributed by atoms with van der Waals surface area (Å²) >= 11 is 0. The lowest BCUT2D eigenvalue weighted by molar-refractivity contribution is -0.870. The van der Waals surface area contributed by atoms with E-state index in [1.165, 1.54) is 154 Å². The van der Waals surface area contributed by atoms with Gasteiger partial charge in [0.2, 0.25) is 5.91 Å². The second-order valence-corrected chi connectivity index (χ2v) is 18.5. The molecular formula is C46H91N2O6P. The number of nitrogens with zero attached hydrogens (tertiary/aromatic N) is 1. The van der Waals surface area contributed by atoms with Gasteiger partial charge in [-0.3, -0.25) is 9.36 Å². The van der Waals surface area contributed by atoms with Gasteiger partial charge in [0.1, 0.15) is 13.2 Å². The fraction of sp³-hybridized carbons (Fsp3) is 0.891. The van der Waals surface area contributed by atoms with Crippen molar-refractivity contribution < 1.29 is 32.9 Å². The van der Waals surface area contributed by atoms with Gasteiger partial charge in [0.25, 0.3) is 7.82 Å². The third-order valence-electron chi connectivity index (χ3n) is 10.4. The minimum absolute atomic E-state index is 0.000684. The van der Waals surface area contributed by atoms with E-state index in [0.29, 0.717) is 17.4 Å². The standard InChI is InChI=1S/C46H91N2O6P/c1-6-8-10-12-14-16-18-20-22-24-26-28-30-32-34-36-38-40-46(50)47-44(43-54-55(51,52)53-42-41-48(3,4)5)45(49)39-37-35-33-31-29-27-25-23-21-19-17-15-13-11-9-7-2/h20,22,37,39,44-45,49H,6-19,21,23-36,38,40-43H2,1-5H3,(H-,47,50,51,52)/b22-20+,39-37+/t44-,45+/m0/s1. The zero-order valence-corrected chi connectivity index (χ0v) is 37.8. The second-order valence-electron chi connectivity index (χ2n) is 17.1. The molecule has 0 bridgehead atoms. The third-order valence-corrected chi connectivity index (χ3v) is 11.4. The summed E-state index contributed by atoms with van der Waals surface area (Å²) in [5, 5.41) is 13.8. The molecule has 0 saturated carbocycles. The molecule has 0 fully saturated rings. The number of amides is 1. The summed E-state index contributed by atoms with van der Waals surface area (Å²) in [7, 11) is 1.26. The number of phosphoric acid groups is 1. The molecule has 0 aromatic carbocycles. The number of aliphatic hydroxyl groups excluding tert-OH is 1. The Bertz CT molecular complexity index is 953. The first-order chi connectivity index (χ1) is 26.5. The Morgan fingerprint density at radius 2 is 1.00 bits per heavy atom. The molecule has 1 unspecified atom stereocenters. The van der Waals surface area contributed by atoms with Crippen molar-refractivity contribution in [2.24, 2.45) is 0 Å². The maximum absolute atomic E-state index is 12.9. The first-order valence-corrected chi connectivity index (χ1v) is 24.7. The van der Waals surface area contributed by atoms with Crippen molar-refractivity contribution in [3.05, 3.63) is 24.3 Å². The molecule has 55 heavy (non-hydrogen) atoms. The lowest BCUT2D eigenvalue weighted by Gasteiger charge is -2.29. The van der Waals surface area contributed by atoms with E-state index in [0.717, 1.165) is 38.5 Å². The predicted molar refractivity (Wildman–Crippen MR) is 233 cm³/mol. The van der Waals surface area contributed by atoms with E-state index in [-0.39, 0.29) is 19.1 Å². The van der Waals surface area contributed by atoms with Gasteiger partial charge in [-0.25, -0.2) is 0 Å². The number of nitrogens with one attached hydrogen (secondary N) is 1. The van der Waals surface area contributed by atoms with Crippen LogP contribution >= 0.6 is 7.82 Å². The topological polar surface area (TPSA) is 108 Å². The molecule has 0 aromatic rings. The van der Waals surface area contributed by atoms with E-state index in [1.807, 2.05) is 27.2 Å². The normalized spacial score (nSPS) is 14.5. The molecule has 0 rings (SSSR count). The number of carbonyl (C=O) groups is 1. The number of hydrogen-bond donors (Lipinski definition) is 2. The van der Waals surface area contributed by atoms with Gasteiger partial charge in [-0.05, 0) is 44.9 Å². The fourth-order valence-electron chi connectivity index (χ4n) is 6.68. The van der Waals surface area contributed by atoms with E-state index in [2.05, 4.69) is 31.3 Å². The Kier molecular flexibility index (Phi) is 37.8. The number of aliphatic hydroxyl groups is 1. The molecule has 0 spiro atoms. The van der Waals surface area contributed by atoms with Crippen LogP contribution in [-0.2, 0) is 18.4 Å². The number of carbonyl (C=O) groups excluding carboxylic acids is 1. The van der Waals surface area contributed by atoms with Crippen LogP contribution in [0.5, 0.6) is 0 Å². The highest BCUT2D eigenvalue weighted by molar-refractivity contribution is 7.45. The van der Waals surface area contributed by atoms with Gasteiger partial charge in [0.15, 0.2) is 0 Å². The summed E-state index contributed by atoms with van der Waals surface area (Å²) < 4.78 is 23.2. The predicted octanol–water partition coefficient (Wildman–Crippen LogP) is 12.3. The van der Waals surface area contributed by atoms with Crippen LogP contribution < -0.4 is 10.2 Å². The SMILES string of the molecule is CCCCCCCC/C=C/CCCCCCCCCC(=O)N[C@@H](COP(=O)([O-])OCC[N+](C)(C)C)[C@H](O)/C=C/CCCCCCCCCCCCCCCC. The molecule has 0 aliphatic heterocycles. The smallest absolute Gasteiger partial charge is 0.268 e. The van der Waals surface area contributed by atoms with Gasteiger partial charge in [-0.1, -0.05) is 186 Å². The van der Waals surface area contributed by atoms with Gasteiger partial charge in [-0.15, -0.1) is 0 Å². The first-order valence-electron chi connectivity index (χ1n) is 23.2. The maximum atomic E-state index is 12.9. The van der Waals surface area contributed by atoms with Crippen LogP contribution in [0.2, 0.25) is 0 Å². The molecule has 0 aliphatic rings. The molecule has 9 heteroatoms. The minimum Gasteiger partial charge on any atom is -0.756 e. The summed E-state index contributed by atoms with van der Waals surface area (Å²) in [6.07, 6.45) is 45.0. The van der Waals surface area contributed by atoms with E-state index >= 15 is 0 Å². The number of quaternary nitrogens is 1. The molecule has 3 atom stereocenters. The van der Waals surface area contributed by atoms with E-state index in [1.54, 1.807) is 6.08 Å². The van der Waals surface area contributed by atoms with Crippen LogP contribution in [0.4, 0.5) is 0 Å². The third kappa shape index (κ3) is 41.0. The minimum atomic E-state index is -4.59. The average Bonchev–Trinajstić information content (AvgIpc) is 3.13. The van der Waals surface area contributed by atoms with Gasteiger partial charge in [0.05, 0.1) is 39.9 Å². The summed E-state index contributed by atoms with van der Waals surface area (Å²) in [5.74, 6) is -0.201. The molecule has 0 aliphatic carbocycles. The molecular weight excluding hydrogens is 707 g/mol. The largest absolute Gasteiger partial charge is 0.756 e. The molecule has 0 radical (unpaired) electrons. The number of unbranched alkanes of at least 4 members (excludes halogenated alkanes) is 27. The molecule has 0 aromatic heterocycles. The zero-order valence-electron chi connectivity index (χ0n) is 36.9. The lowest BCUT2D eigenvalue weighted by Crippen LogP contribution is -2.45. The summed E-state index contributed by atoms with van der Waals surface area (Å²) in [5.41, 5.74) is 0. The molecule has 326 valence electrons. The zero-order chi connectivity index (χ0) is 40.7. The van der Waals surface area contributed by atoms with Gasteiger partial charge in [0, 0.05) is 6.42 Å². The van der Waals surface area contributed by atoms with Crippen LogP contribution in [0.1, 0.15) is 213 Å². The van der Waals surface area contributed by atoms with E-state index < -0.39 is 20.0 Å².